The molecule has 0 radical (unpaired) electrons. The highest BCUT2D eigenvalue weighted by Crippen LogP contribution is 2.64. The minimum absolute atomic E-state index is 0.460. The molecule has 13 aromatic rings. The van der Waals surface area contributed by atoms with Crippen molar-refractivity contribution >= 4 is 75.4 Å². The van der Waals surface area contributed by atoms with E-state index in [1.54, 1.807) is 0 Å². The van der Waals surface area contributed by atoms with Crippen molar-refractivity contribution < 1.29 is 0 Å². The Morgan fingerprint density at radius 3 is 1.41 bits per heavy atom. The SMILES string of the molecule is c1ccc2c(c1)-c1ccccc1C21c2cc(-c3ccc4ccc5cccc6ccc3c4c56)ccc2-c2c1ccc1c(-c3cc4ccc5cccc6ccc(c3)c4c56)cccc21. The van der Waals surface area contributed by atoms with Gasteiger partial charge in [-0.2, -0.15) is 0 Å². The first-order valence-corrected chi connectivity index (χ1v) is 21.5. The van der Waals surface area contributed by atoms with Gasteiger partial charge >= 0.3 is 0 Å². The smallest absolute Gasteiger partial charge is 0.0619 e. The van der Waals surface area contributed by atoms with Crippen molar-refractivity contribution in [2.75, 3.05) is 0 Å². The molecule has 2 aliphatic carbocycles. The Hall–Kier alpha value is -7.80. The summed E-state index contributed by atoms with van der Waals surface area (Å²) in [6.07, 6.45) is 0. The van der Waals surface area contributed by atoms with Gasteiger partial charge in [0.1, 0.15) is 0 Å². The summed E-state index contributed by atoms with van der Waals surface area (Å²) in [6.45, 7) is 0. The molecule has 0 nitrogen and oxygen atoms in total. The van der Waals surface area contributed by atoms with E-state index in [0.717, 1.165) is 0 Å². The van der Waals surface area contributed by atoms with Crippen molar-refractivity contribution in [3.8, 4) is 44.5 Å². The second kappa shape index (κ2) is 11.3. The molecule has 0 heteroatoms. The average Bonchev–Trinajstić information content (AvgIpc) is 3.79. The summed E-state index contributed by atoms with van der Waals surface area (Å²) in [7, 11) is 0. The van der Waals surface area contributed by atoms with Crippen molar-refractivity contribution in [2.45, 2.75) is 5.41 Å². The number of hydrogen-bond donors (Lipinski definition) is 0. The molecule has 0 unspecified atom stereocenters. The molecule has 278 valence electrons. The predicted molar refractivity (Wildman–Crippen MR) is 259 cm³/mol. The summed E-state index contributed by atoms with van der Waals surface area (Å²) >= 11 is 0. The largest absolute Gasteiger partial charge is 0.0725 e. The van der Waals surface area contributed by atoms with Gasteiger partial charge in [-0.1, -0.05) is 188 Å². The van der Waals surface area contributed by atoms with Crippen LogP contribution >= 0.6 is 0 Å². The molecule has 61 heavy (non-hydrogen) atoms. The van der Waals surface area contributed by atoms with Crippen LogP contribution in [0.4, 0.5) is 0 Å². The maximum Gasteiger partial charge on any atom is 0.0725 e. The first-order valence-electron chi connectivity index (χ1n) is 21.5. The number of hydrogen-bond acceptors (Lipinski definition) is 0. The zero-order valence-electron chi connectivity index (χ0n) is 33.1. The maximum absolute atomic E-state index is 2.55. The van der Waals surface area contributed by atoms with Crippen molar-refractivity contribution in [3.05, 3.63) is 229 Å². The van der Waals surface area contributed by atoms with Crippen LogP contribution in [0.3, 0.4) is 0 Å². The summed E-state index contributed by atoms with van der Waals surface area (Å²) in [4.78, 5) is 0. The lowest BCUT2D eigenvalue weighted by Crippen LogP contribution is -2.25. The van der Waals surface area contributed by atoms with Crippen molar-refractivity contribution in [3.63, 3.8) is 0 Å². The average molecular weight is 767 g/mol. The summed E-state index contributed by atoms with van der Waals surface area (Å²) in [6, 6.07) is 78.8. The van der Waals surface area contributed by atoms with Gasteiger partial charge in [-0.25, -0.2) is 0 Å². The van der Waals surface area contributed by atoms with Gasteiger partial charge in [0, 0.05) is 0 Å². The molecule has 15 rings (SSSR count). The molecule has 0 atom stereocenters. The van der Waals surface area contributed by atoms with E-state index in [1.807, 2.05) is 0 Å². The van der Waals surface area contributed by atoms with Crippen LogP contribution in [0.15, 0.2) is 206 Å². The van der Waals surface area contributed by atoms with E-state index in [0.29, 0.717) is 0 Å². The predicted octanol–water partition coefficient (Wildman–Crippen LogP) is 16.3. The Labute approximate surface area is 352 Å². The van der Waals surface area contributed by atoms with Crippen LogP contribution in [0, 0.1) is 0 Å². The molecule has 13 aromatic carbocycles. The molecule has 1 spiro atoms. The van der Waals surface area contributed by atoms with Crippen LogP contribution in [-0.2, 0) is 5.41 Å². The van der Waals surface area contributed by atoms with Crippen LogP contribution in [-0.4, -0.2) is 0 Å². The molecule has 0 aliphatic heterocycles. The van der Waals surface area contributed by atoms with Gasteiger partial charge in [-0.15, -0.1) is 0 Å². The van der Waals surface area contributed by atoms with Crippen LogP contribution in [0.1, 0.15) is 22.3 Å². The second-order valence-corrected chi connectivity index (χ2v) is 17.5. The van der Waals surface area contributed by atoms with Crippen molar-refractivity contribution in [1.82, 2.24) is 0 Å². The van der Waals surface area contributed by atoms with E-state index in [-0.39, 0.29) is 0 Å². The fraction of sp³-hybridized carbons (Fsp3) is 0.0164. The quantitative estimate of drug-likeness (QED) is 0.154. The Morgan fingerprint density at radius 1 is 0.230 bits per heavy atom. The Kier molecular flexibility index (Phi) is 5.93. The number of benzene rings is 13. The van der Waals surface area contributed by atoms with E-state index >= 15 is 0 Å². The van der Waals surface area contributed by atoms with Gasteiger partial charge in [-0.3, -0.25) is 0 Å². The third-order valence-electron chi connectivity index (χ3n) is 14.7. The summed E-state index contributed by atoms with van der Waals surface area (Å²) in [5.74, 6) is 0. The van der Waals surface area contributed by atoms with E-state index in [1.165, 1.54) is 142 Å². The molecule has 0 aromatic heterocycles. The molecule has 0 fully saturated rings. The van der Waals surface area contributed by atoms with Crippen LogP contribution in [0.2, 0.25) is 0 Å². The molecule has 0 N–H and O–H groups in total. The van der Waals surface area contributed by atoms with Gasteiger partial charge in [0.2, 0.25) is 0 Å². The minimum atomic E-state index is -0.460. The molecule has 0 saturated heterocycles. The second-order valence-electron chi connectivity index (χ2n) is 17.5. The Bertz CT molecular complexity index is 3920. The number of rotatable bonds is 2. The Balaban J connectivity index is 1.02. The highest BCUT2D eigenvalue weighted by Gasteiger charge is 2.52. The summed E-state index contributed by atoms with van der Waals surface area (Å²) in [5.41, 5.74) is 15.4. The van der Waals surface area contributed by atoms with Gasteiger partial charge in [0.05, 0.1) is 5.41 Å². The van der Waals surface area contributed by atoms with E-state index in [4.69, 9.17) is 0 Å². The highest BCUT2D eigenvalue weighted by atomic mass is 14.5. The third-order valence-corrected chi connectivity index (χ3v) is 14.7. The molecule has 0 amide bonds. The lowest BCUT2D eigenvalue weighted by atomic mass is 9.70. The molecule has 2 aliphatic rings. The normalized spacial score (nSPS) is 13.7. The fourth-order valence-electron chi connectivity index (χ4n) is 12.3. The molecular weight excluding hydrogens is 733 g/mol. The molecule has 0 heterocycles. The van der Waals surface area contributed by atoms with Crippen LogP contribution in [0.5, 0.6) is 0 Å². The third kappa shape index (κ3) is 3.92. The van der Waals surface area contributed by atoms with Crippen molar-refractivity contribution in [2.24, 2.45) is 0 Å². The van der Waals surface area contributed by atoms with E-state index < -0.39 is 5.41 Å². The standard InChI is InChI=1S/C61H34/c1-3-16-52-47(12-1)48-13-2-4-17-53(48)61(52)54-31-30-46-44(43-32-41-22-20-35-8-5-9-36-21-23-42(33-43)58(41)56(35)36)14-7-15-49(46)60(54)51-29-26-40(34-55(51)61)45-27-24-39-19-18-37-10-6-11-38-25-28-50(45)59(39)57(37)38/h1-34H. The lowest BCUT2D eigenvalue weighted by molar-refractivity contribution is 0.795. The maximum atomic E-state index is 2.55. The molecule has 0 bridgehead atoms. The van der Waals surface area contributed by atoms with Crippen LogP contribution in [0.25, 0.3) is 120 Å². The van der Waals surface area contributed by atoms with Gasteiger partial charge in [0.25, 0.3) is 0 Å². The zero-order chi connectivity index (χ0) is 39.6. The van der Waals surface area contributed by atoms with Crippen LogP contribution < -0.4 is 0 Å². The van der Waals surface area contributed by atoms with Gasteiger partial charge in [0.15, 0.2) is 0 Å². The van der Waals surface area contributed by atoms with Gasteiger partial charge < -0.3 is 0 Å². The molecule has 0 saturated carbocycles. The zero-order valence-corrected chi connectivity index (χ0v) is 33.1. The first kappa shape index (κ1) is 32.1. The van der Waals surface area contributed by atoms with Gasteiger partial charge in [-0.05, 0) is 160 Å². The van der Waals surface area contributed by atoms with Crippen molar-refractivity contribution in [1.29, 1.82) is 0 Å². The Morgan fingerprint density at radius 2 is 0.721 bits per heavy atom. The first-order chi connectivity index (χ1) is 30.2. The minimum Gasteiger partial charge on any atom is -0.0619 e. The topological polar surface area (TPSA) is 0 Å². The summed E-state index contributed by atoms with van der Waals surface area (Å²) in [5, 5.41) is 18.4. The molecular formula is C61H34. The fourth-order valence-corrected chi connectivity index (χ4v) is 12.3. The van der Waals surface area contributed by atoms with E-state index in [2.05, 4.69) is 206 Å². The number of fused-ring (bicyclic) bond motifs is 12. The van der Waals surface area contributed by atoms with E-state index in [9.17, 15) is 0 Å². The lowest BCUT2D eigenvalue weighted by Gasteiger charge is -2.31. The highest BCUT2D eigenvalue weighted by molar-refractivity contribution is 6.26. The summed E-state index contributed by atoms with van der Waals surface area (Å²) < 4.78 is 0. The monoisotopic (exact) mass is 766 g/mol.